The van der Waals surface area contributed by atoms with Gasteiger partial charge >= 0.3 is 12.0 Å². The van der Waals surface area contributed by atoms with E-state index in [9.17, 15) is 0 Å². The number of benzene rings is 1. The molecule has 2 rings (SSSR count). The largest absolute Gasteiger partial charge is 0.464 e. The molecule has 1 heterocycles. The van der Waals surface area contributed by atoms with Gasteiger partial charge in [0.05, 0.1) is 6.61 Å². The van der Waals surface area contributed by atoms with Crippen molar-refractivity contribution in [2.45, 2.75) is 33.1 Å². The van der Waals surface area contributed by atoms with Crippen LogP contribution in [0.25, 0.3) is 0 Å². The molecule has 1 aromatic carbocycles. The minimum Gasteiger partial charge on any atom is -0.464 e. The molecular weight excluding hydrogens is 290 g/mol. The predicted octanol–water partition coefficient (Wildman–Crippen LogP) is 4.23. The lowest BCUT2D eigenvalue weighted by molar-refractivity contribution is 0.302. The average Bonchev–Trinajstić information content (AvgIpc) is 2.47. The smallest absolute Gasteiger partial charge is 0.329 e. The predicted molar refractivity (Wildman–Crippen MR) is 81.2 cm³/mol. The lowest BCUT2D eigenvalue weighted by Gasteiger charge is -2.14. The molecule has 0 bridgehead atoms. The quantitative estimate of drug-likeness (QED) is 0.799. The van der Waals surface area contributed by atoms with Crippen LogP contribution in [0.3, 0.4) is 0 Å². The van der Waals surface area contributed by atoms with Crippen LogP contribution in [0.2, 0.25) is 5.28 Å². The third-order valence-corrected chi connectivity index (χ3v) is 3.27. The van der Waals surface area contributed by atoms with E-state index in [0.717, 1.165) is 17.7 Å². The Morgan fingerprint density at radius 1 is 1.10 bits per heavy atom. The molecule has 21 heavy (non-hydrogen) atoms. The summed E-state index contributed by atoms with van der Waals surface area (Å²) in [7, 11) is 0. The molecule has 0 fully saturated rings. The standard InChI is InChI=1S/C15H18ClN3O2/c1-4-10(3)11-8-6-7-9-12(11)21-15-18-13(16)17-14(19-15)20-5-2/h6-10H,4-5H2,1-3H3. The van der Waals surface area contributed by atoms with Crippen LogP contribution in [0.15, 0.2) is 24.3 Å². The molecule has 0 aliphatic carbocycles. The van der Waals surface area contributed by atoms with Crippen molar-refractivity contribution in [1.82, 2.24) is 15.0 Å². The average molecular weight is 308 g/mol. The highest BCUT2D eigenvalue weighted by atomic mass is 35.5. The first-order valence-corrected chi connectivity index (χ1v) is 7.33. The van der Waals surface area contributed by atoms with E-state index in [4.69, 9.17) is 21.1 Å². The maximum atomic E-state index is 5.86. The van der Waals surface area contributed by atoms with Gasteiger partial charge in [-0.1, -0.05) is 32.0 Å². The molecule has 0 aliphatic heterocycles. The topological polar surface area (TPSA) is 57.1 Å². The van der Waals surface area contributed by atoms with Crippen molar-refractivity contribution in [3.63, 3.8) is 0 Å². The van der Waals surface area contributed by atoms with Gasteiger partial charge in [0, 0.05) is 0 Å². The van der Waals surface area contributed by atoms with E-state index in [1.54, 1.807) is 0 Å². The number of rotatable bonds is 6. The van der Waals surface area contributed by atoms with E-state index in [2.05, 4.69) is 28.8 Å². The summed E-state index contributed by atoms with van der Waals surface area (Å²) in [5, 5.41) is 0.0458. The molecule has 0 N–H and O–H groups in total. The number of hydrogen-bond acceptors (Lipinski definition) is 5. The lowest BCUT2D eigenvalue weighted by Crippen LogP contribution is -2.03. The zero-order chi connectivity index (χ0) is 15.2. The van der Waals surface area contributed by atoms with Crippen molar-refractivity contribution >= 4 is 11.6 Å². The van der Waals surface area contributed by atoms with E-state index in [1.807, 2.05) is 31.2 Å². The summed E-state index contributed by atoms with van der Waals surface area (Å²) < 4.78 is 11.0. The summed E-state index contributed by atoms with van der Waals surface area (Å²) in [5.41, 5.74) is 1.11. The van der Waals surface area contributed by atoms with Gasteiger partial charge in [-0.3, -0.25) is 0 Å². The van der Waals surface area contributed by atoms with Crippen LogP contribution in [-0.4, -0.2) is 21.6 Å². The van der Waals surface area contributed by atoms with Gasteiger partial charge in [0.25, 0.3) is 0 Å². The molecule has 112 valence electrons. The number of hydrogen-bond donors (Lipinski definition) is 0. The van der Waals surface area contributed by atoms with Gasteiger partial charge in [0.1, 0.15) is 5.75 Å². The lowest BCUT2D eigenvalue weighted by atomic mass is 9.98. The van der Waals surface area contributed by atoms with Crippen molar-refractivity contribution < 1.29 is 9.47 Å². The van der Waals surface area contributed by atoms with Crippen LogP contribution in [-0.2, 0) is 0 Å². The van der Waals surface area contributed by atoms with Gasteiger partial charge in [-0.05, 0) is 42.5 Å². The normalized spacial score (nSPS) is 12.0. The molecule has 2 aromatic rings. The van der Waals surface area contributed by atoms with Crippen LogP contribution < -0.4 is 9.47 Å². The summed E-state index contributed by atoms with van der Waals surface area (Å²) in [6.45, 7) is 6.57. The Bertz CT molecular complexity index is 607. The molecule has 0 radical (unpaired) electrons. The Morgan fingerprint density at radius 2 is 1.81 bits per heavy atom. The first-order chi connectivity index (χ1) is 10.1. The van der Waals surface area contributed by atoms with Crippen molar-refractivity contribution in [2.75, 3.05) is 6.61 Å². The van der Waals surface area contributed by atoms with E-state index in [0.29, 0.717) is 12.5 Å². The third kappa shape index (κ3) is 4.04. The number of ether oxygens (including phenoxy) is 2. The van der Waals surface area contributed by atoms with E-state index < -0.39 is 0 Å². The Kier molecular flexibility index (Phi) is 5.33. The fraction of sp³-hybridized carbons (Fsp3) is 0.400. The second-order valence-corrected chi connectivity index (χ2v) is 4.89. The molecular formula is C15H18ClN3O2. The minimum atomic E-state index is 0.0458. The molecule has 0 saturated heterocycles. The van der Waals surface area contributed by atoms with Crippen molar-refractivity contribution in [3.05, 3.63) is 35.1 Å². The molecule has 0 spiro atoms. The molecule has 1 atom stereocenters. The molecule has 6 heteroatoms. The number of aromatic nitrogens is 3. The minimum absolute atomic E-state index is 0.0458. The second-order valence-electron chi connectivity index (χ2n) is 4.55. The summed E-state index contributed by atoms with van der Waals surface area (Å²) in [6, 6.07) is 8.12. The Labute approximate surface area is 129 Å². The molecule has 0 aliphatic rings. The monoisotopic (exact) mass is 307 g/mol. The maximum absolute atomic E-state index is 5.86. The van der Waals surface area contributed by atoms with Crippen molar-refractivity contribution in [1.29, 1.82) is 0 Å². The van der Waals surface area contributed by atoms with Crippen LogP contribution in [0.5, 0.6) is 17.8 Å². The van der Waals surface area contributed by atoms with Crippen molar-refractivity contribution in [3.8, 4) is 17.8 Å². The summed E-state index contributed by atoms with van der Waals surface area (Å²) in [5.74, 6) is 1.10. The van der Waals surface area contributed by atoms with Crippen LogP contribution in [0.4, 0.5) is 0 Å². The van der Waals surface area contributed by atoms with Crippen molar-refractivity contribution in [2.24, 2.45) is 0 Å². The van der Waals surface area contributed by atoms with Gasteiger partial charge in [0.2, 0.25) is 5.28 Å². The number of halogens is 1. The van der Waals surface area contributed by atoms with Gasteiger partial charge in [-0.25, -0.2) is 0 Å². The highest BCUT2D eigenvalue weighted by molar-refractivity contribution is 6.28. The fourth-order valence-electron chi connectivity index (χ4n) is 1.85. The molecule has 1 unspecified atom stereocenters. The number of nitrogens with zero attached hydrogens (tertiary/aromatic N) is 3. The number of para-hydroxylation sites is 1. The van der Waals surface area contributed by atoms with Gasteiger partial charge in [-0.2, -0.15) is 9.97 Å². The summed E-state index contributed by atoms with van der Waals surface area (Å²) >= 11 is 5.86. The van der Waals surface area contributed by atoms with E-state index in [-0.39, 0.29) is 17.3 Å². The Hall–Kier alpha value is -1.88. The fourth-order valence-corrected chi connectivity index (χ4v) is 2.00. The molecule has 0 saturated carbocycles. The zero-order valence-electron chi connectivity index (χ0n) is 12.3. The Morgan fingerprint density at radius 3 is 2.52 bits per heavy atom. The van der Waals surface area contributed by atoms with E-state index in [1.165, 1.54) is 0 Å². The second kappa shape index (κ2) is 7.22. The van der Waals surface area contributed by atoms with Gasteiger partial charge in [-0.15, -0.1) is 4.98 Å². The Balaban J connectivity index is 2.30. The van der Waals surface area contributed by atoms with Crippen LogP contribution in [0, 0.1) is 0 Å². The van der Waals surface area contributed by atoms with Gasteiger partial charge in [0.15, 0.2) is 0 Å². The first kappa shape index (κ1) is 15.5. The molecule has 5 nitrogen and oxygen atoms in total. The summed E-state index contributed by atoms with van der Waals surface area (Å²) in [6.07, 6.45) is 1.02. The highest BCUT2D eigenvalue weighted by Crippen LogP contribution is 2.31. The van der Waals surface area contributed by atoms with Crippen LogP contribution in [0.1, 0.15) is 38.7 Å². The van der Waals surface area contributed by atoms with E-state index >= 15 is 0 Å². The van der Waals surface area contributed by atoms with Crippen LogP contribution >= 0.6 is 11.6 Å². The zero-order valence-corrected chi connectivity index (χ0v) is 13.1. The maximum Gasteiger partial charge on any atom is 0.329 e. The third-order valence-electron chi connectivity index (χ3n) is 3.10. The highest BCUT2D eigenvalue weighted by Gasteiger charge is 2.13. The summed E-state index contributed by atoms with van der Waals surface area (Å²) in [4.78, 5) is 12.0. The molecule has 1 aromatic heterocycles. The van der Waals surface area contributed by atoms with Gasteiger partial charge < -0.3 is 9.47 Å². The SMILES string of the molecule is CCOc1nc(Cl)nc(Oc2ccccc2C(C)CC)n1. The first-order valence-electron chi connectivity index (χ1n) is 6.95. The molecule has 0 amide bonds.